The van der Waals surface area contributed by atoms with Crippen molar-refractivity contribution in [3.05, 3.63) is 96.7 Å². The van der Waals surface area contributed by atoms with Crippen molar-refractivity contribution in [3.8, 4) is 11.5 Å². The molecule has 0 aliphatic carbocycles. The summed E-state index contributed by atoms with van der Waals surface area (Å²) in [7, 11) is 0. The number of fused-ring (bicyclic) bond motifs is 1. The molecule has 9 heteroatoms. The van der Waals surface area contributed by atoms with Gasteiger partial charge in [0.1, 0.15) is 18.2 Å². The predicted octanol–water partition coefficient (Wildman–Crippen LogP) is 7.43. The van der Waals surface area contributed by atoms with E-state index in [1.807, 2.05) is 32.9 Å². The fourth-order valence-electron chi connectivity index (χ4n) is 3.70. The minimum Gasteiger partial charge on any atom is -0.490 e. The van der Waals surface area contributed by atoms with E-state index in [-0.39, 0.29) is 23.9 Å². The molecule has 1 atom stereocenters. The van der Waals surface area contributed by atoms with E-state index in [4.69, 9.17) is 14.5 Å². The normalized spacial score (nSPS) is 12.3. The molecule has 4 rings (SSSR count). The van der Waals surface area contributed by atoms with Gasteiger partial charge >= 0.3 is 0 Å². The van der Waals surface area contributed by atoms with E-state index in [1.54, 1.807) is 42.6 Å². The minimum absolute atomic E-state index is 0.0227. The molecule has 1 heterocycles. The molecule has 1 aromatic heterocycles. The van der Waals surface area contributed by atoms with E-state index < -0.39 is 0 Å². The van der Waals surface area contributed by atoms with E-state index in [0.29, 0.717) is 50.4 Å². The minimum atomic E-state index is -0.332. The van der Waals surface area contributed by atoms with Gasteiger partial charge in [0.25, 0.3) is 5.56 Å². The van der Waals surface area contributed by atoms with Crippen LogP contribution in [0.15, 0.2) is 73.4 Å². The number of benzene rings is 3. The Labute approximate surface area is 231 Å². The first-order valence-corrected chi connectivity index (χ1v) is 13.5. The van der Waals surface area contributed by atoms with Crippen LogP contribution in [0.5, 0.6) is 11.5 Å². The lowest BCUT2D eigenvalue weighted by Gasteiger charge is -2.15. The summed E-state index contributed by atoms with van der Waals surface area (Å²) in [6.45, 7) is 6.40. The molecule has 0 bridgehead atoms. The van der Waals surface area contributed by atoms with Crippen molar-refractivity contribution in [1.82, 2.24) is 9.66 Å². The summed E-state index contributed by atoms with van der Waals surface area (Å²) in [5.41, 5.74) is 1.51. The Balaban J connectivity index is 1.73. The zero-order chi connectivity index (χ0) is 26.5. The van der Waals surface area contributed by atoms with Crippen LogP contribution in [0.25, 0.3) is 10.9 Å². The molecule has 0 fully saturated rings. The first kappa shape index (κ1) is 27.0. The Morgan fingerprint density at radius 1 is 1.08 bits per heavy atom. The second-order valence-electron chi connectivity index (χ2n) is 8.44. The van der Waals surface area contributed by atoms with E-state index in [9.17, 15) is 9.18 Å². The lowest BCUT2D eigenvalue weighted by molar-refractivity contribution is 0.265. The van der Waals surface area contributed by atoms with Gasteiger partial charge in [-0.3, -0.25) is 4.79 Å². The summed E-state index contributed by atoms with van der Waals surface area (Å²) in [5, 5.41) is 5.02. The summed E-state index contributed by atoms with van der Waals surface area (Å²) >= 11 is 7.00. The molecule has 37 heavy (non-hydrogen) atoms. The third kappa shape index (κ3) is 6.10. The van der Waals surface area contributed by atoms with Crippen molar-refractivity contribution < 1.29 is 13.9 Å². The molecular formula is C28H26Br2FN3O3. The Morgan fingerprint density at radius 3 is 2.57 bits per heavy atom. The van der Waals surface area contributed by atoms with Gasteiger partial charge in [0, 0.05) is 26.0 Å². The van der Waals surface area contributed by atoms with Crippen molar-refractivity contribution >= 4 is 49.0 Å². The van der Waals surface area contributed by atoms with Gasteiger partial charge in [0.2, 0.25) is 0 Å². The standard InChI is InChI=1S/C28H26Br2FN3O3/c1-4-17(3)27-33-24-11-10-20(29)13-21(24)28(35)34(27)32-15-19-12-25(36-5-2)26(14-22(19)30)37-16-18-8-6-7-9-23(18)31/h6-15,17H,4-5,16H2,1-3H3/t17-/m0/s1. The molecule has 4 aromatic rings. The van der Waals surface area contributed by atoms with E-state index in [2.05, 4.69) is 37.0 Å². The van der Waals surface area contributed by atoms with Crippen LogP contribution < -0.4 is 15.0 Å². The van der Waals surface area contributed by atoms with Crippen LogP contribution >= 0.6 is 31.9 Å². The maximum absolute atomic E-state index is 14.0. The number of hydrogen-bond donors (Lipinski definition) is 0. The van der Waals surface area contributed by atoms with Crippen LogP contribution in [-0.2, 0) is 6.61 Å². The zero-order valence-corrected chi connectivity index (χ0v) is 23.8. The molecule has 192 valence electrons. The summed E-state index contributed by atoms with van der Waals surface area (Å²) in [4.78, 5) is 18.1. The predicted molar refractivity (Wildman–Crippen MR) is 151 cm³/mol. The van der Waals surface area contributed by atoms with Crippen LogP contribution in [0.1, 0.15) is 50.1 Å². The highest BCUT2D eigenvalue weighted by Gasteiger charge is 2.16. The zero-order valence-electron chi connectivity index (χ0n) is 20.7. The van der Waals surface area contributed by atoms with Gasteiger partial charge in [-0.2, -0.15) is 9.78 Å². The van der Waals surface area contributed by atoms with Crippen molar-refractivity contribution in [2.24, 2.45) is 5.10 Å². The van der Waals surface area contributed by atoms with E-state index in [1.165, 1.54) is 10.7 Å². The third-order valence-corrected chi connectivity index (χ3v) is 7.08. The molecule has 0 amide bonds. The van der Waals surface area contributed by atoms with E-state index in [0.717, 1.165) is 10.9 Å². The van der Waals surface area contributed by atoms with Crippen LogP contribution in [0.4, 0.5) is 4.39 Å². The molecule has 0 radical (unpaired) electrons. The summed E-state index contributed by atoms with van der Waals surface area (Å²) in [6.07, 6.45) is 2.39. The summed E-state index contributed by atoms with van der Waals surface area (Å²) in [5.74, 6) is 1.23. The van der Waals surface area contributed by atoms with Crippen molar-refractivity contribution in [2.75, 3.05) is 6.61 Å². The van der Waals surface area contributed by atoms with Crippen molar-refractivity contribution in [2.45, 2.75) is 39.7 Å². The molecule has 3 aromatic carbocycles. The molecule has 0 saturated carbocycles. The van der Waals surface area contributed by atoms with Gasteiger partial charge in [-0.1, -0.05) is 48.0 Å². The SMILES string of the molecule is CCOc1cc(C=Nn2c([C@@H](C)CC)nc3ccc(Br)cc3c2=O)c(Br)cc1OCc1ccccc1F. The van der Waals surface area contributed by atoms with Crippen LogP contribution in [0, 0.1) is 5.82 Å². The highest BCUT2D eigenvalue weighted by molar-refractivity contribution is 9.10. The van der Waals surface area contributed by atoms with Crippen molar-refractivity contribution in [1.29, 1.82) is 0 Å². The summed E-state index contributed by atoms with van der Waals surface area (Å²) in [6, 6.07) is 15.4. The molecule has 0 aliphatic heterocycles. The highest BCUT2D eigenvalue weighted by Crippen LogP contribution is 2.34. The number of ether oxygens (including phenoxy) is 2. The maximum atomic E-state index is 14.0. The first-order chi connectivity index (χ1) is 17.8. The van der Waals surface area contributed by atoms with Gasteiger partial charge in [0.05, 0.1) is 23.7 Å². The number of halogens is 3. The number of rotatable bonds is 9. The Kier molecular flexibility index (Phi) is 8.76. The summed E-state index contributed by atoms with van der Waals surface area (Å²) < 4.78 is 28.5. The molecule has 0 aliphatic rings. The fraction of sp³-hybridized carbons (Fsp3) is 0.250. The molecule has 0 spiro atoms. The first-order valence-electron chi connectivity index (χ1n) is 11.9. The lowest BCUT2D eigenvalue weighted by Crippen LogP contribution is -2.23. The van der Waals surface area contributed by atoms with Gasteiger partial charge in [-0.25, -0.2) is 9.37 Å². The Hall–Kier alpha value is -3.04. The quantitative estimate of drug-likeness (QED) is 0.180. The Morgan fingerprint density at radius 2 is 1.84 bits per heavy atom. The maximum Gasteiger partial charge on any atom is 0.282 e. The topological polar surface area (TPSA) is 65.7 Å². The van der Waals surface area contributed by atoms with Crippen LogP contribution in [-0.4, -0.2) is 22.5 Å². The smallest absolute Gasteiger partial charge is 0.282 e. The molecule has 0 N–H and O–H groups in total. The van der Waals surface area contributed by atoms with Gasteiger partial charge in [0.15, 0.2) is 11.5 Å². The highest BCUT2D eigenvalue weighted by atomic mass is 79.9. The molecular weight excluding hydrogens is 605 g/mol. The monoisotopic (exact) mass is 629 g/mol. The fourth-order valence-corrected chi connectivity index (χ4v) is 4.49. The molecule has 6 nitrogen and oxygen atoms in total. The lowest BCUT2D eigenvalue weighted by atomic mass is 10.1. The third-order valence-electron chi connectivity index (χ3n) is 5.90. The van der Waals surface area contributed by atoms with Crippen LogP contribution in [0.2, 0.25) is 0 Å². The van der Waals surface area contributed by atoms with E-state index >= 15 is 0 Å². The Bertz CT molecular complexity index is 1520. The van der Waals surface area contributed by atoms with Crippen LogP contribution in [0.3, 0.4) is 0 Å². The largest absolute Gasteiger partial charge is 0.490 e. The molecule has 0 unspecified atom stereocenters. The average molecular weight is 631 g/mol. The second kappa shape index (κ2) is 12.0. The number of nitrogens with zero attached hydrogens (tertiary/aromatic N) is 3. The molecule has 0 saturated heterocycles. The second-order valence-corrected chi connectivity index (χ2v) is 10.2. The van der Waals surface area contributed by atoms with Crippen molar-refractivity contribution in [3.63, 3.8) is 0 Å². The average Bonchev–Trinajstić information content (AvgIpc) is 2.89. The van der Waals surface area contributed by atoms with Gasteiger partial charge < -0.3 is 9.47 Å². The van der Waals surface area contributed by atoms with Gasteiger partial charge in [-0.15, -0.1) is 0 Å². The number of aromatic nitrogens is 2. The van der Waals surface area contributed by atoms with Gasteiger partial charge in [-0.05, 0) is 65.7 Å². The number of hydrogen-bond acceptors (Lipinski definition) is 5.